The normalized spacial score (nSPS) is 10.7. The first-order valence-electron chi connectivity index (χ1n) is 6.36. The lowest BCUT2D eigenvalue weighted by molar-refractivity contribution is 1.27. The molecule has 0 unspecified atom stereocenters. The summed E-state index contributed by atoms with van der Waals surface area (Å²) in [6.07, 6.45) is 3.73. The van der Waals surface area contributed by atoms with Gasteiger partial charge in [0.05, 0.1) is 16.7 Å². The van der Waals surface area contributed by atoms with Gasteiger partial charge in [0.25, 0.3) is 0 Å². The predicted octanol–water partition coefficient (Wildman–Crippen LogP) is 4.49. The van der Waals surface area contributed by atoms with Crippen molar-refractivity contribution in [3.05, 3.63) is 61.7 Å². The minimum atomic E-state index is 0.748. The zero-order valence-corrected chi connectivity index (χ0v) is 10.8. The molecule has 1 aromatic heterocycles. The largest absolute Gasteiger partial charge is 0.380 e. The Morgan fingerprint density at radius 3 is 2.58 bits per heavy atom. The fourth-order valence-corrected chi connectivity index (χ4v) is 2.57. The average Bonchev–Trinajstić information content (AvgIpc) is 2.79. The molecule has 0 saturated carbocycles. The summed E-state index contributed by atoms with van der Waals surface area (Å²) in [5, 5.41) is 5.88. The molecule has 0 spiro atoms. The maximum absolute atomic E-state index is 3.94. The van der Waals surface area contributed by atoms with Crippen LogP contribution in [0.4, 0.5) is 5.69 Å². The number of hydrogen-bond acceptors (Lipinski definition) is 1. The second-order valence-electron chi connectivity index (χ2n) is 4.44. The lowest BCUT2D eigenvalue weighted by atomic mass is 10.1. The number of hydrogen-bond donors (Lipinski definition) is 1. The van der Waals surface area contributed by atoms with Gasteiger partial charge in [0.1, 0.15) is 0 Å². The molecule has 1 N–H and O–H groups in total. The number of nitrogens with one attached hydrogen (secondary N) is 1. The smallest absolute Gasteiger partial charge is 0.0768 e. The van der Waals surface area contributed by atoms with Gasteiger partial charge in [-0.2, -0.15) is 0 Å². The van der Waals surface area contributed by atoms with Crippen molar-refractivity contribution < 1.29 is 0 Å². The van der Waals surface area contributed by atoms with E-state index in [0.717, 1.165) is 12.2 Å². The fraction of sp³-hybridized carbons (Fsp3) is 0.0588. The molecule has 19 heavy (non-hydrogen) atoms. The number of para-hydroxylation sites is 2. The Hall–Kier alpha value is -2.48. The number of nitrogens with zero attached hydrogens (tertiary/aromatic N) is 1. The summed E-state index contributed by atoms with van der Waals surface area (Å²) in [6.45, 7) is 8.44. The fourth-order valence-electron chi connectivity index (χ4n) is 2.57. The minimum absolute atomic E-state index is 0.748. The van der Waals surface area contributed by atoms with Crippen molar-refractivity contribution in [2.75, 3.05) is 11.9 Å². The highest BCUT2D eigenvalue weighted by molar-refractivity contribution is 6.13. The molecule has 3 rings (SSSR count). The van der Waals surface area contributed by atoms with Crippen LogP contribution in [0.25, 0.3) is 28.0 Å². The summed E-state index contributed by atoms with van der Waals surface area (Å²) in [4.78, 5) is 0. The van der Waals surface area contributed by atoms with Crippen LogP contribution in [0, 0.1) is 0 Å². The van der Waals surface area contributed by atoms with E-state index in [1.807, 2.05) is 12.3 Å². The summed E-state index contributed by atoms with van der Waals surface area (Å²) in [5.74, 6) is 0. The maximum atomic E-state index is 3.94. The summed E-state index contributed by atoms with van der Waals surface area (Å²) in [6, 6.07) is 14.7. The molecule has 0 aliphatic carbocycles. The molecule has 0 bridgehead atoms. The molecule has 94 valence electrons. The monoisotopic (exact) mass is 248 g/mol. The van der Waals surface area contributed by atoms with Crippen molar-refractivity contribution in [3.8, 4) is 0 Å². The molecule has 2 heteroatoms. The van der Waals surface area contributed by atoms with Gasteiger partial charge in [-0.15, -0.1) is 6.58 Å². The third-order valence-corrected chi connectivity index (χ3v) is 3.35. The third kappa shape index (κ3) is 1.73. The Kier molecular flexibility index (Phi) is 2.84. The summed E-state index contributed by atoms with van der Waals surface area (Å²) >= 11 is 0. The SMILES string of the molecule is C=CCNc1cccc2c3ccccc3n(C=C)c12. The van der Waals surface area contributed by atoms with Crippen molar-refractivity contribution in [2.45, 2.75) is 0 Å². The Labute approximate surface area is 112 Å². The van der Waals surface area contributed by atoms with Crippen LogP contribution in [0.5, 0.6) is 0 Å². The topological polar surface area (TPSA) is 17.0 Å². The zero-order chi connectivity index (χ0) is 13.2. The molecule has 1 heterocycles. The first-order valence-corrected chi connectivity index (χ1v) is 6.36. The zero-order valence-electron chi connectivity index (χ0n) is 10.8. The van der Waals surface area contributed by atoms with E-state index in [1.165, 1.54) is 21.8 Å². The standard InChI is InChI=1S/C17H16N2/c1-3-12-18-15-10-7-9-14-13-8-5-6-11-16(13)19(4-2)17(14)15/h3-11,18H,1-2,12H2. The van der Waals surface area contributed by atoms with Crippen molar-refractivity contribution in [1.29, 1.82) is 0 Å². The highest BCUT2D eigenvalue weighted by Gasteiger charge is 2.11. The highest BCUT2D eigenvalue weighted by atomic mass is 15.0. The van der Waals surface area contributed by atoms with Gasteiger partial charge in [0.15, 0.2) is 0 Å². The van der Waals surface area contributed by atoms with Gasteiger partial charge in [0, 0.05) is 23.5 Å². The second-order valence-corrected chi connectivity index (χ2v) is 4.44. The van der Waals surface area contributed by atoms with Gasteiger partial charge in [-0.3, -0.25) is 0 Å². The Morgan fingerprint density at radius 2 is 1.79 bits per heavy atom. The maximum Gasteiger partial charge on any atom is 0.0768 e. The van der Waals surface area contributed by atoms with E-state index in [2.05, 4.69) is 65.5 Å². The van der Waals surface area contributed by atoms with E-state index in [9.17, 15) is 0 Å². The number of rotatable bonds is 4. The van der Waals surface area contributed by atoms with E-state index >= 15 is 0 Å². The molecule has 0 fully saturated rings. The van der Waals surface area contributed by atoms with Crippen LogP contribution in [0.1, 0.15) is 0 Å². The van der Waals surface area contributed by atoms with Gasteiger partial charge in [-0.25, -0.2) is 0 Å². The molecule has 2 nitrogen and oxygen atoms in total. The molecular formula is C17H16N2. The molecule has 0 radical (unpaired) electrons. The third-order valence-electron chi connectivity index (χ3n) is 3.35. The van der Waals surface area contributed by atoms with E-state index < -0.39 is 0 Å². The summed E-state index contributed by atoms with van der Waals surface area (Å²) < 4.78 is 2.14. The second kappa shape index (κ2) is 4.65. The van der Waals surface area contributed by atoms with Crippen molar-refractivity contribution in [2.24, 2.45) is 0 Å². The molecule has 0 atom stereocenters. The van der Waals surface area contributed by atoms with Crippen LogP contribution >= 0.6 is 0 Å². The number of benzene rings is 2. The van der Waals surface area contributed by atoms with Crippen LogP contribution in [0.3, 0.4) is 0 Å². The summed E-state index contributed by atoms with van der Waals surface area (Å²) in [5.41, 5.74) is 3.45. The first-order chi connectivity index (χ1) is 9.36. The molecular weight excluding hydrogens is 232 g/mol. The van der Waals surface area contributed by atoms with Crippen molar-refractivity contribution in [1.82, 2.24) is 4.57 Å². The van der Waals surface area contributed by atoms with Gasteiger partial charge >= 0.3 is 0 Å². The van der Waals surface area contributed by atoms with Gasteiger partial charge in [-0.1, -0.05) is 43.0 Å². The number of aromatic nitrogens is 1. The predicted molar refractivity (Wildman–Crippen MR) is 84.5 cm³/mol. The Balaban J connectivity index is 2.41. The quantitative estimate of drug-likeness (QED) is 0.673. The van der Waals surface area contributed by atoms with E-state index in [-0.39, 0.29) is 0 Å². The minimum Gasteiger partial charge on any atom is -0.380 e. The lowest BCUT2D eigenvalue weighted by Crippen LogP contribution is -1.99. The van der Waals surface area contributed by atoms with E-state index in [0.29, 0.717) is 0 Å². The van der Waals surface area contributed by atoms with Crippen molar-refractivity contribution in [3.63, 3.8) is 0 Å². The molecule has 0 aliphatic rings. The molecule has 0 amide bonds. The van der Waals surface area contributed by atoms with E-state index in [1.54, 1.807) is 0 Å². The molecule has 0 saturated heterocycles. The Bertz CT molecular complexity index is 765. The van der Waals surface area contributed by atoms with Crippen molar-refractivity contribution >= 4 is 33.7 Å². The first kappa shape index (κ1) is 11.6. The number of fused-ring (bicyclic) bond motifs is 3. The highest BCUT2D eigenvalue weighted by Crippen LogP contribution is 2.33. The van der Waals surface area contributed by atoms with Gasteiger partial charge in [0.2, 0.25) is 0 Å². The van der Waals surface area contributed by atoms with E-state index in [4.69, 9.17) is 0 Å². The van der Waals surface area contributed by atoms with Crippen LogP contribution in [-0.4, -0.2) is 11.1 Å². The molecule has 3 aromatic rings. The lowest BCUT2D eigenvalue weighted by Gasteiger charge is -2.08. The van der Waals surface area contributed by atoms with Crippen LogP contribution in [0.15, 0.2) is 61.7 Å². The van der Waals surface area contributed by atoms with Crippen LogP contribution < -0.4 is 5.32 Å². The van der Waals surface area contributed by atoms with Crippen LogP contribution in [0.2, 0.25) is 0 Å². The number of anilines is 1. The molecule has 2 aromatic carbocycles. The summed E-state index contributed by atoms with van der Waals surface area (Å²) in [7, 11) is 0. The van der Waals surface area contributed by atoms with Gasteiger partial charge < -0.3 is 9.88 Å². The molecule has 0 aliphatic heterocycles. The van der Waals surface area contributed by atoms with Crippen LogP contribution in [-0.2, 0) is 0 Å². The van der Waals surface area contributed by atoms with Gasteiger partial charge in [-0.05, 0) is 12.1 Å². The Morgan fingerprint density at radius 1 is 1.00 bits per heavy atom. The average molecular weight is 248 g/mol.